The van der Waals surface area contributed by atoms with Crippen molar-refractivity contribution in [1.29, 1.82) is 0 Å². The number of hydrogen-bond acceptors (Lipinski definition) is 4. The number of ether oxygens (including phenoxy) is 1. The smallest absolute Gasteiger partial charge is 0.338 e. The van der Waals surface area contributed by atoms with Gasteiger partial charge in [-0.3, -0.25) is 0 Å². The number of sulfonamides is 1. The summed E-state index contributed by atoms with van der Waals surface area (Å²) >= 11 is 0. The third-order valence-corrected chi connectivity index (χ3v) is 3.69. The van der Waals surface area contributed by atoms with Crippen LogP contribution in [0.4, 0.5) is 4.39 Å². The Labute approximate surface area is 107 Å². The maximum atomic E-state index is 12.7. The lowest BCUT2D eigenvalue weighted by Gasteiger charge is -2.06. The maximum absolute atomic E-state index is 12.7. The van der Waals surface area contributed by atoms with Crippen LogP contribution in [0.3, 0.4) is 0 Å². The summed E-state index contributed by atoms with van der Waals surface area (Å²) in [4.78, 5) is 10.4. The second kappa shape index (κ2) is 4.81. The van der Waals surface area contributed by atoms with Crippen LogP contribution in [0.15, 0.2) is 39.1 Å². The first-order chi connectivity index (χ1) is 8.90. The van der Waals surface area contributed by atoms with Crippen LogP contribution in [0.2, 0.25) is 0 Å². The van der Waals surface area contributed by atoms with Crippen LogP contribution in [0.25, 0.3) is 0 Å². The summed E-state index contributed by atoms with van der Waals surface area (Å²) < 4.78 is 43.9. The number of hydrogen-bond donors (Lipinski definition) is 1. The lowest BCUT2D eigenvalue weighted by atomic mass is 10.3. The first kappa shape index (κ1) is 13.2. The van der Waals surface area contributed by atoms with Crippen molar-refractivity contribution in [2.24, 2.45) is 4.40 Å². The molecule has 1 aromatic carbocycles. The van der Waals surface area contributed by atoms with Crippen LogP contribution in [0.1, 0.15) is 0 Å². The molecule has 2 rings (SSSR count). The zero-order valence-corrected chi connectivity index (χ0v) is 10.2. The van der Waals surface area contributed by atoms with Crippen LogP contribution < -0.4 is 4.74 Å². The quantitative estimate of drug-likeness (QED) is 0.889. The average Bonchev–Trinajstić information content (AvgIpc) is 2.64. The van der Waals surface area contributed by atoms with Crippen molar-refractivity contribution < 1.29 is 27.4 Å². The number of halogens is 1. The fraction of sp³-hybridized carbons (Fsp3) is 0.0909. The molecule has 8 heteroatoms. The Bertz CT molecular complexity index is 676. The molecule has 1 aromatic rings. The Morgan fingerprint density at radius 2 is 1.95 bits per heavy atom. The fourth-order valence-electron chi connectivity index (χ4n) is 1.40. The molecule has 1 heterocycles. The van der Waals surface area contributed by atoms with Crippen molar-refractivity contribution in [3.8, 4) is 5.75 Å². The van der Waals surface area contributed by atoms with Crippen molar-refractivity contribution in [2.75, 3.05) is 6.61 Å². The highest BCUT2D eigenvalue weighted by atomic mass is 32.2. The lowest BCUT2D eigenvalue weighted by molar-refractivity contribution is -0.132. The third-order valence-electron chi connectivity index (χ3n) is 2.35. The summed E-state index contributed by atoms with van der Waals surface area (Å²) in [6.07, 6.45) is 0.765. The molecule has 0 aromatic heterocycles. The fourth-order valence-corrected chi connectivity index (χ4v) is 2.40. The minimum Gasteiger partial charge on any atom is -0.488 e. The zero-order chi connectivity index (χ0) is 14.0. The standard InChI is InChI=1S/C11H8FNO5S/c12-7-1-3-8(4-2-7)18-6-10-9(11(14)15)5-13-19(10,16)17/h1-5H,6H2,(H,14,15). The number of carboxylic acid groups (broad SMARTS) is 1. The predicted molar refractivity (Wildman–Crippen MR) is 64.0 cm³/mol. The van der Waals surface area contributed by atoms with E-state index in [0.29, 0.717) is 0 Å². The van der Waals surface area contributed by atoms with Crippen molar-refractivity contribution in [2.45, 2.75) is 0 Å². The molecule has 0 atom stereocenters. The van der Waals surface area contributed by atoms with Crippen LogP contribution in [-0.2, 0) is 14.8 Å². The average molecular weight is 285 g/mol. The third kappa shape index (κ3) is 2.79. The maximum Gasteiger partial charge on any atom is 0.338 e. The van der Waals surface area contributed by atoms with E-state index in [1.54, 1.807) is 0 Å². The second-order valence-electron chi connectivity index (χ2n) is 3.59. The van der Waals surface area contributed by atoms with Gasteiger partial charge in [0.2, 0.25) is 0 Å². The van der Waals surface area contributed by atoms with E-state index in [2.05, 4.69) is 4.40 Å². The van der Waals surface area contributed by atoms with Crippen molar-refractivity contribution in [3.05, 3.63) is 40.6 Å². The molecule has 1 aliphatic heterocycles. The van der Waals surface area contributed by atoms with Crippen molar-refractivity contribution in [3.63, 3.8) is 0 Å². The molecule has 0 saturated heterocycles. The highest BCUT2D eigenvalue weighted by molar-refractivity contribution is 7.94. The van der Waals surface area contributed by atoms with E-state index in [9.17, 15) is 17.6 Å². The first-order valence-corrected chi connectivity index (χ1v) is 6.49. The van der Waals surface area contributed by atoms with E-state index in [-0.39, 0.29) is 5.75 Å². The van der Waals surface area contributed by atoms with Gasteiger partial charge in [-0.2, -0.15) is 12.8 Å². The van der Waals surface area contributed by atoms with Gasteiger partial charge in [-0.1, -0.05) is 0 Å². The molecule has 1 aliphatic rings. The Morgan fingerprint density at radius 3 is 2.53 bits per heavy atom. The minimum atomic E-state index is -3.99. The largest absolute Gasteiger partial charge is 0.488 e. The van der Waals surface area contributed by atoms with E-state index in [4.69, 9.17) is 9.84 Å². The van der Waals surface area contributed by atoms with Gasteiger partial charge in [0.1, 0.15) is 23.1 Å². The molecule has 0 spiro atoms. The number of carbonyl (C=O) groups is 1. The molecule has 1 N–H and O–H groups in total. The van der Waals surface area contributed by atoms with Crippen LogP contribution in [0.5, 0.6) is 5.75 Å². The monoisotopic (exact) mass is 285 g/mol. The summed E-state index contributed by atoms with van der Waals surface area (Å²) in [6, 6.07) is 4.89. The number of benzene rings is 1. The number of nitrogens with zero attached hydrogens (tertiary/aromatic N) is 1. The summed E-state index contributed by atoms with van der Waals surface area (Å²) in [6.45, 7) is -0.477. The second-order valence-corrected chi connectivity index (χ2v) is 5.25. The Morgan fingerprint density at radius 1 is 1.32 bits per heavy atom. The number of rotatable bonds is 4. The number of carboxylic acids is 1. The van der Waals surface area contributed by atoms with E-state index < -0.39 is 38.9 Å². The highest BCUT2D eigenvalue weighted by Crippen LogP contribution is 2.22. The Kier molecular flexibility index (Phi) is 3.34. The first-order valence-electron chi connectivity index (χ1n) is 5.05. The summed E-state index contributed by atoms with van der Waals surface area (Å²) in [5.74, 6) is -1.64. The molecule has 0 radical (unpaired) electrons. The van der Waals surface area contributed by atoms with Crippen LogP contribution in [0, 0.1) is 5.82 Å². The van der Waals surface area contributed by atoms with Gasteiger partial charge >= 0.3 is 5.97 Å². The van der Waals surface area contributed by atoms with Crippen molar-refractivity contribution in [1.82, 2.24) is 0 Å². The van der Waals surface area contributed by atoms with Crippen LogP contribution in [-0.4, -0.2) is 32.3 Å². The van der Waals surface area contributed by atoms with Gasteiger partial charge in [-0.15, -0.1) is 0 Å². The Hall–Kier alpha value is -2.22. The summed E-state index contributed by atoms with van der Waals surface area (Å²) in [7, 11) is -3.99. The predicted octanol–water partition coefficient (Wildman–Crippen LogP) is 0.957. The van der Waals surface area contributed by atoms with E-state index in [0.717, 1.165) is 18.3 Å². The normalized spacial score (nSPS) is 16.7. The zero-order valence-electron chi connectivity index (χ0n) is 9.41. The molecule has 19 heavy (non-hydrogen) atoms. The molecular formula is C11H8FNO5S. The molecule has 100 valence electrons. The topological polar surface area (TPSA) is 93.0 Å². The lowest BCUT2D eigenvalue weighted by Crippen LogP contribution is -2.12. The SMILES string of the molecule is O=C(O)C1=C(COc2ccc(F)cc2)S(=O)(=O)N=C1. The van der Waals surface area contributed by atoms with E-state index in [1.807, 2.05) is 0 Å². The highest BCUT2D eigenvalue weighted by Gasteiger charge is 2.30. The Balaban J connectivity index is 2.20. The molecular weight excluding hydrogens is 277 g/mol. The van der Waals surface area contributed by atoms with Gasteiger partial charge in [0.15, 0.2) is 0 Å². The molecule has 0 fully saturated rings. The van der Waals surface area contributed by atoms with Gasteiger partial charge in [0, 0.05) is 0 Å². The minimum absolute atomic E-state index is 0.223. The number of aliphatic carboxylic acids is 1. The molecule has 0 unspecified atom stereocenters. The molecule has 6 nitrogen and oxygen atoms in total. The molecule has 0 aliphatic carbocycles. The molecule has 0 amide bonds. The summed E-state index contributed by atoms with van der Waals surface area (Å²) in [5.41, 5.74) is -0.429. The van der Waals surface area contributed by atoms with E-state index >= 15 is 0 Å². The van der Waals surface area contributed by atoms with Gasteiger partial charge < -0.3 is 9.84 Å². The van der Waals surface area contributed by atoms with Crippen molar-refractivity contribution >= 4 is 22.2 Å². The van der Waals surface area contributed by atoms with Gasteiger partial charge in [-0.05, 0) is 24.3 Å². The summed E-state index contributed by atoms with van der Waals surface area (Å²) in [5, 5.41) is 8.83. The van der Waals surface area contributed by atoms with Gasteiger partial charge in [0.05, 0.1) is 11.8 Å². The van der Waals surface area contributed by atoms with Gasteiger partial charge in [0.25, 0.3) is 10.0 Å². The van der Waals surface area contributed by atoms with Gasteiger partial charge in [-0.25, -0.2) is 9.18 Å². The molecule has 0 saturated carbocycles. The van der Waals surface area contributed by atoms with E-state index in [1.165, 1.54) is 12.1 Å². The van der Waals surface area contributed by atoms with Crippen LogP contribution >= 0.6 is 0 Å². The molecule has 0 bridgehead atoms.